The molecule has 5 nitrogen and oxygen atoms in total. The predicted octanol–water partition coefficient (Wildman–Crippen LogP) is 3.35. The first-order chi connectivity index (χ1) is 12.0. The Labute approximate surface area is 151 Å². The molecule has 25 heavy (non-hydrogen) atoms. The van der Waals surface area contributed by atoms with Crippen molar-refractivity contribution in [2.75, 3.05) is 12.3 Å². The van der Waals surface area contributed by atoms with Crippen LogP contribution in [0.4, 0.5) is 0 Å². The Hall–Kier alpha value is -2.44. The zero-order valence-corrected chi connectivity index (χ0v) is 14.7. The summed E-state index contributed by atoms with van der Waals surface area (Å²) in [5.41, 5.74) is 3.69. The van der Waals surface area contributed by atoms with Crippen LogP contribution < -0.4 is 0 Å². The minimum absolute atomic E-state index is 0.0651. The number of nitrogens with zero attached hydrogens (tertiary/aromatic N) is 3. The zero-order chi connectivity index (χ0) is 17.4. The number of hydrogen-bond acceptors (Lipinski definition) is 4. The first-order valence-corrected chi connectivity index (χ1v) is 9.73. The highest BCUT2D eigenvalue weighted by molar-refractivity contribution is 7.90. The smallest absolute Gasteiger partial charge is 0.244 e. The highest BCUT2D eigenvalue weighted by atomic mass is 35.5. The molecule has 0 saturated carbocycles. The lowest BCUT2D eigenvalue weighted by atomic mass is 9.99. The SMILES string of the molecule is O=S1(=O)CCN2N=C(Cl)C=C(c3ccc(-c4ccccc4)cc3)C2=N1. The number of hydrogen-bond donors (Lipinski definition) is 0. The molecule has 0 aliphatic carbocycles. The number of amidine groups is 1. The van der Waals surface area contributed by atoms with E-state index in [9.17, 15) is 8.42 Å². The molecule has 0 saturated heterocycles. The average molecular weight is 372 g/mol. The second-order valence-corrected chi connectivity index (χ2v) is 7.89. The van der Waals surface area contributed by atoms with E-state index in [-0.39, 0.29) is 12.3 Å². The Morgan fingerprint density at radius 1 is 0.920 bits per heavy atom. The maximum Gasteiger partial charge on any atom is 0.256 e. The molecule has 2 aliphatic rings. The van der Waals surface area contributed by atoms with Gasteiger partial charge >= 0.3 is 0 Å². The third-order valence-corrected chi connectivity index (χ3v) is 5.39. The van der Waals surface area contributed by atoms with Crippen LogP contribution >= 0.6 is 11.6 Å². The molecule has 2 heterocycles. The molecule has 0 fully saturated rings. The summed E-state index contributed by atoms with van der Waals surface area (Å²) >= 11 is 6.11. The van der Waals surface area contributed by atoms with Gasteiger partial charge in [-0.2, -0.15) is 5.10 Å². The van der Waals surface area contributed by atoms with E-state index in [4.69, 9.17) is 11.6 Å². The largest absolute Gasteiger partial charge is 0.256 e. The second kappa shape index (κ2) is 6.13. The van der Waals surface area contributed by atoms with E-state index in [2.05, 4.69) is 9.50 Å². The van der Waals surface area contributed by atoms with E-state index < -0.39 is 10.0 Å². The first kappa shape index (κ1) is 16.1. The van der Waals surface area contributed by atoms with E-state index in [0.29, 0.717) is 16.6 Å². The van der Waals surface area contributed by atoms with Crippen molar-refractivity contribution in [1.29, 1.82) is 0 Å². The summed E-state index contributed by atoms with van der Waals surface area (Å²) in [6.45, 7) is 0.247. The molecule has 0 atom stereocenters. The second-order valence-electron chi connectivity index (χ2n) is 5.75. The van der Waals surface area contributed by atoms with Gasteiger partial charge in [-0.05, 0) is 22.8 Å². The van der Waals surface area contributed by atoms with Gasteiger partial charge in [-0.1, -0.05) is 66.2 Å². The van der Waals surface area contributed by atoms with Crippen molar-refractivity contribution in [3.63, 3.8) is 0 Å². The van der Waals surface area contributed by atoms with Gasteiger partial charge in [0.05, 0.1) is 12.3 Å². The van der Waals surface area contributed by atoms with E-state index in [0.717, 1.165) is 16.7 Å². The highest BCUT2D eigenvalue weighted by Gasteiger charge is 2.30. The molecule has 4 rings (SSSR count). The van der Waals surface area contributed by atoms with Gasteiger partial charge in [0.1, 0.15) is 5.17 Å². The van der Waals surface area contributed by atoms with Gasteiger partial charge in [0.25, 0.3) is 10.0 Å². The molecule has 2 aromatic carbocycles. The lowest BCUT2D eigenvalue weighted by Gasteiger charge is -2.28. The lowest BCUT2D eigenvalue weighted by Crippen LogP contribution is -2.38. The average Bonchev–Trinajstić information content (AvgIpc) is 2.62. The number of hydrazone groups is 1. The van der Waals surface area contributed by atoms with Crippen LogP contribution in [0.1, 0.15) is 5.56 Å². The summed E-state index contributed by atoms with van der Waals surface area (Å²) in [6, 6.07) is 17.9. The fraction of sp³-hybridized carbons (Fsp3) is 0.111. The van der Waals surface area contributed by atoms with Crippen LogP contribution in [0.3, 0.4) is 0 Å². The van der Waals surface area contributed by atoms with E-state index in [1.807, 2.05) is 54.6 Å². The molecule has 0 bridgehead atoms. The minimum atomic E-state index is -3.47. The van der Waals surface area contributed by atoms with Crippen molar-refractivity contribution in [2.24, 2.45) is 9.50 Å². The Morgan fingerprint density at radius 2 is 1.56 bits per heavy atom. The Kier molecular flexibility index (Phi) is 3.94. The summed E-state index contributed by atoms with van der Waals surface area (Å²) in [7, 11) is -3.47. The Balaban J connectivity index is 1.75. The van der Waals surface area contributed by atoms with Gasteiger partial charge in [-0.3, -0.25) is 0 Å². The van der Waals surface area contributed by atoms with Crippen LogP contribution in [0.5, 0.6) is 0 Å². The topological polar surface area (TPSA) is 62.1 Å². The monoisotopic (exact) mass is 371 g/mol. The number of halogens is 1. The van der Waals surface area contributed by atoms with Crippen molar-refractivity contribution in [3.8, 4) is 11.1 Å². The van der Waals surface area contributed by atoms with Gasteiger partial charge < -0.3 is 0 Å². The van der Waals surface area contributed by atoms with Crippen LogP contribution in [-0.4, -0.2) is 36.7 Å². The first-order valence-electron chi connectivity index (χ1n) is 7.74. The van der Waals surface area contributed by atoms with Crippen molar-refractivity contribution >= 4 is 38.2 Å². The van der Waals surface area contributed by atoms with Gasteiger partial charge in [0.2, 0.25) is 0 Å². The van der Waals surface area contributed by atoms with Gasteiger partial charge in [0, 0.05) is 5.57 Å². The van der Waals surface area contributed by atoms with Crippen molar-refractivity contribution in [3.05, 3.63) is 66.2 Å². The fourth-order valence-corrected chi connectivity index (χ4v) is 3.98. The van der Waals surface area contributed by atoms with Crippen molar-refractivity contribution in [2.45, 2.75) is 0 Å². The quantitative estimate of drug-likeness (QED) is 0.813. The molecule has 0 N–H and O–H groups in total. The standard InChI is InChI=1S/C18H14ClN3O2S/c19-17-12-16(18-21-25(23,24)11-10-22(18)20-17)15-8-6-14(7-9-15)13-4-2-1-3-5-13/h1-9,12H,10-11H2. The number of fused-ring (bicyclic) bond motifs is 1. The lowest BCUT2D eigenvalue weighted by molar-refractivity contribution is 0.463. The molecule has 2 aliphatic heterocycles. The number of rotatable bonds is 2. The molecule has 126 valence electrons. The van der Waals surface area contributed by atoms with Crippen LogP contribution in [0.2, 0.25) is 0 Å². The normalized spacial score (nSPS) is 18.8. The molecule has 0 aromatic heterocycles. The van der Waals surface area contributed by atoms with Crippen LogP contribution in [-0.2, 0) is 10.0 Å². The summed E-state index contributed by atoms with van der Waals surface area (Å²) in [6.07, 6.45) is 1.65. The van der Waals surface area contributed by atoms with Crippen LogP contribution in [0, 0.1) is 0 Å². The van der Waals surface area contributed by atoms with Gasteiger partial charge in [-0.15, -0.1) is 4.40 Å². The van der Waals surface area contributed by atoms with E-state index in [1.54, 1.807) is 11.1 Å². The third-order valence-electron chi connectivity index (χ3n) is 4.05. The number of sulfonamides is 1. The maximum atomic E-state index is 11.9. The summed E-state index contributed by atoms with van der Waals surface area (Å²) in [5, 5.41) is 6.01. The predicted molar refractivity (Wildman–Crippen MR) is 101 cm³/mol. The fourth-order valence-electron chi connectivity index (χ4n) is 2.83. The van der Waals surface area contributed by atoms with Crippen LogP contribution in [0.15, 0.2) is 70.2 Å². The van der Waals surface area contributed by atoms with Crippen LogP contribution in [0.25, 0.3) is 16.7 Å². The summed E-state index contributed by atoms with van der Waals surface area (Å²) in [4.78, 5) is 0. The molecular formula is C18H14ClN3O2S. The molecular weight excluding hydrogens is 358 g/mol. The minimum Gasteiger partial charge on any atom is -0.244 e. The third kappa shape index (κ3) is 3.23. The number of allylic oxidation sites excluding steroid dienone is 1. The molecule has 7 heteroatoms. The van der Waals surface area contributed by atoms with Crippen molar-refractivity contribution < 1.29 is 8.42 Å². The highest BCUT2D eigenvalue weighted by Crippen LogP contribution is 2.28. The Morgan fingerprint density at radius 3 is 2.28 bits per heavy atom. The zero-order valence-electron chi connectivity index (χ0n) is 13.1. The molecule has 2 aromatic rings. The van der Waals surface area contributed by atoms with Gasteiger partial charge in [0.15, 0.2) is 5.84 Å². The molecule has 0 amide bonds. The van der Waals surface area contributed by atoms with E-state index >= 15 is 0 Å². The van der Waals surface area contributed by atoms with Crippen molar-refractivity contribution in [1.82, 2.24) is 5.01 Å². The van der Waals surface area contributed by atoms with Gasteiger partial charge in [-0.25, -0.2) is 13.4 Å². The van der Waals surface area contributed by atoms with E-state index in [1.165, 1.54) is 0 Å². The molecule has 0 unspecified atom stereocenters. The summed E-state index contributed by atoms with van der Waals surface area (Å²) < 4.78 is 27.7. The number of benzene rings is 2. The molecule has 0 spiro atoms. The molecule has 0 radical (unpaired) electrons. The maximum absolute atomic E-state index is 11.9. The summed E-state index contributed by atoms with van der Waals surface area (Å²) in [5.74, 6) is 0.257. The Bertz CT molecular complexity index is 1010.